The number of aryl methyl sites for hydroxylation is 1. The van der Waals surface area contributed by atoms with Crippen molar-refractivity contribution in [1.29, 1.82) is 0 Å². The molecule has 1 atom stereocenters. The minimum Gasteiger partial charge on any atom is -0.492 e. The van der Waals surface area contributed by atoms with Crippen LogP contribution in [-0.2, 0) is 24.8 Å². The average Bonchev–Trinajstić information content (AvgIpc) is 2.96. The fourth-order valence-corrected chi connectivity index (χ4v) is 2.86. The third-order valence-electron chi connectivity index (χ3n) is 4.05. The number of nitrogens with zero attached hydrogens (tertiary/aromatic N) is 3. The van der Waals surface area contributed by atoms with E-state index < -0.39 is 0 Å². The number of carbonyl (C=O) groups excluding carboxylic acids is 1. The van der Waals surface area contributed by atoms with Crippen LogP contribution in [0, 0.1) is 5.92 Å². The standard InChI is InChI=1S/C17H21N3O2/c1-3-20(11-13-9-18-19(2)10-13)17(21)15-8-14-6-4-5-7-16(14)22-12-15/h4-7,9-10,15H,3,8,11-12H2,1-2H3/t15-/m1/s1. The molecule has 1 aliphatic heterocycles. The molecule has 22 heavy (non-hydrogen) atoms. The molecule has 1 aromatic carbocycles. The maximum atomic E-state index is 12.8. The van der Waals surface area contributed by atoms with E-state index in [1.54, 1.807) is 4.68 Å². The lowest BCUT2D eigenvalue weighted by atomic mass is 9.95. The van der Waals surface area contributed by atoms with E-state index in [0.29, 0.717) is 19.7 Å². The molecule has 1 aromatic heterocycles. The molecule has 0 N–H and O–H groups in total. The second-order valence-electron chi connectivity index (χ2n) is 5.69. The zero-order valence-electron chi connectivity index (χ0n) is 13.0. The van der Waals surface area contributed by atoms with Crippen LogP contribution in [0.5, 0.6) is 5.75 Å². The van der Waals surface area contributed by atoms with Crippen molar-refractivity contribution in [3.63, 3.8) is 0 Å². The second kappa shape index (κ2) is 6.22. The summed E-state index contributed by atoms with van der Waals surface area (Å²) in [5.74, 6) is 0.953. The molecule has 0 bridgehead atoms. The van der Waals surface area contributed by atoms with E-state index in [1.807, 2.05) is 55.5 Å². The number of benzene rings is 1. The number of hydrogen-bond acceptors (Lipinski definition) is 3. The van der Waals surface area contributed by atoms with Gasteiger partial charge in [-0.05, 0) is 25.0 Å². The highest BCUT2D eigenvalue weighted by molar-refractivity contribution is 5.79. The molecule has 5 heteroatoms. The largest absolute Gasteiger partial charge is 0.492 e. The second-order valence-corrected chi connectivity index (χ2v) is 5.69. The molecule has 0 saturated carbocycles. The number of amides is 1. The van der Waals surface area contributed by atoms with Gasteiger partial charge in [-0.1, -0.05) is 18.2 Å². The van der Waals surface area contributed by atoms with Gasteiger partial charge in [0, 0.05) is 31.9 Å². The predicted octanol–water partition coefficient (Wildman–Crippen LogP) is 2.02. The Kier molecular flexibility index (Phi) is 4.13. The Balaban J connectivity index is 1.69. The molecule has 1 amide bonds. The summed E-state index contributed by atoms with van der Waals surface area (Å²) in [6, 6.07) is 7.94. The Labute approximate surface area is 130 Å². The van der Waals surface area contributed by atoms with Crippen molar-refractivity contribution in [3.05, 3.63) is 47.8 Å². The lowest BCUT2D eigenvalue weighted by Gasteiger charge is -2.29. The van der Waals surface area contributed by atoms with Crippen molar-refractivity contribution in [2.24, 2.45) is 13.0 Å². The lowest BCUT2D eigenvalue weighted by Crippen LogP contribution is -2.40. The molecule has 0 radical (unpaired) electrons. The maximum absolute atomic E-state index is 12.8. The van der Waals surface area contributed by atoms with Gasteiger partial charge in [0.05, 0.1) is 12.1 Å². The maximum Gasteiger partial charge on any atom is 0.229 e. The fraction of sp³-hybridized carbons (Fsp3) is 0.412. The summed E-state index contributed by atoms with van der Waals surface area (Å²) in [6.45, 7) is 3.75. The van der Waals surface area contributed by atoms with Gasteiger partial charge >= 0.3 is 0 Å². The summed E-state index contributed by atoms with van der Waals surface area (Å²) in [7, 11) is 1.88. The average molecular weight is 299 g/mol. The van der Waals surface area contributed by atoms with E-state index >= 15 is 0 Å². The van der Waals surface area contributed by atoms with E-state index in [9.17, 15) is 4.79 Å². The van der Waals surface area contributed by atoms with Crippen LogP contribution in [0.4, 0.5) is 0 Å². The van der Waals surface area contributed by atoms with Gasteiger partial charge in [-0.15, -0.1) is 0 Å². The van der Waals surface area contributed by atoms with Crippen molar-refractivity contribution in [1.82, 2.24) is 14.7 Å². The monoisotopic (exact) mass is 299 g/mol. The molecule has 0 fully saturated rings. The molecule has 0 aliphatic carbocycles. The van der Waals surface area contributed by atoms with Crippen LogP contribution in [0.1, 0.15) is 18.1 Å². The summed E-state index contributed by atoms with van der Waals surface area (Å²) >= 11 is 0. The van der Waals surface area contributed by atoms with Crippen molar-refractivity contribution < 1.29 is 9.53 Å². The van der Waals surface area contributed by atoms with Gasteiger partial charge in [-0.3, -0.25) is 9.48 Å². The normalized spacial score (nSPS) is 16.7. The third-order valence-corrected chi connectivity index (χ3v) is 4.05. The SMILES string of the molecule is CCN(Cc1cnn(C)c1)C(=O)[C@H]1COc2ccccc2C1. The molecule has 2 aromatic rings. The summed E-state index contributed by atoms with van der Waals surface area (Å²) < 4.78 is 7.50. The zero-order valence-corrected chi connectivity index (χ0v) is 13.0. The highest BCUT2D eigenvalue weighted by Crippen LogP contribution is 2.28. The Morgan fingerprint density at radius 3 is 3.00 bits per heavy atom. The van der Waals surface area contributed by atoms with Crippen molar-refractivity contribution >= 4 is 5.91 Å². The van der Waals surface area contributed by atoms with Gasteiger partial charge in [-0.25, -0.2) is 0 Å². The van der Waals surface area contributed by atoms with Gasteiger partial charge in [0.1, 0.15) is 12.4 Å². The van der Waals surface area contributed by atoms with E-state index in [-0.39, 0.29) is 11.8 Å². The highest BCUT2D eigenvalue weighted by Gasteiger charge is 2.29. The number of carbonyl (C=O) groups is 1. The van der Waals surface area contributed by atoms with Gasteiger partial charge in [0.2, 0.25) is 5.91 Å². The van der Waals surface area contributed by atoms with Crippen LogP contribution in [0.2, 0.25) is 0 Å². The van der Waals surface area contributed by atoms with Crippen LogP contribution in [0.25, 0.3) is 0 Å². The first-order chi connectivity index (χ1) is 10.7. The minimum atomic E-state index is -0.105. The fourth-order valence-electron chi connectivity index (χ4n) is 2.86. The van der Waals surface area contributed by atoms with Crippen LogP contribution in [0.3, 0.4) is 0 Å². The predicted molar refractivity (Wildman–Crippen MR) is 83.4 cm³/mol. The smallest absolute Gasteiger partial charge is 0.229 e. The van der Waals surface area contributed by atoms with E-state index in [2.05, 4.69) is 5.10 Å². The molecule has 3 rings (SSSR count). The highest BCUT2D eigenvalue weighted by atomic mass is 16.5. The number of fused-ring (bicyclic) bond motifs is 1. The molecule has 1 aliphatic rings. The molecule has 0 spiro atoms. The molecule has 2 heterocycles. The summed E-state index contributed by atoms with van der Waals surface area (Å²) in [5.41, 5.74) is 2.17. The van der Waals surface area contributed by atoms with Crippen LogP contribution >= 0.6 is 0 Å². The van der Waals surface area contributed by atoms with E-state index in [4.69, 9.17) is 4.74 Å². The van der Waals surface area contributed by atoms with Crippen LogP contribution < -0.4 is 4.74 Å². The first kappa shape index (κ1) is 14.6. The topological polar surface area (TPSA) is 47.4 Å². The van der Waals surface area contributed by atoms with Gasteiger partial charge < -0.3 is 9.64 Å². The Bertz CT molecular complexity index is 665. The molecule has 0 unspecified atom stereocenters. The van der Waals surface area contributed by atoms with Gasteiger partial charge in [-0.2, -0.15) is 5.10 Å². The molecule has 0 saturated heterocycles. The van der Waals surface area contributed by atoms with Gasteiger partial charge in [0.15, 0.2) is 0 Å². The Morgan fingerprint density at radius 2 is 2.27 bits per heavy atom. The number of ether oxygens (including phenoxy) is 1. The van der Waals surface area contributed by atoms with Crippen molar-refractivity contribution in [2.75, 3.05) is 13.2 Å². The lowest BCUT2D eigenvalue weighted by molar-refractivity contribution is -0.137. The first-order valence-electron chi connectivity index (χ1n) is 7.64. The number of aromatic nitrogens is 2. The van der Waals surface area contributed by atoms with Gasteiger partial charge in [0.25, 0.3) is 0 Å². The van der Waals surface area contributed by atoms with E-state index in [0.717, 1.165) is 23.3 Å². The first-order valence-corrected chi connectivity index (χ1v) is 7.64. The summed E-state index contributed by atoms with van der Waals surface area (Å²) in [5, 5.41) is 4.16. The van der Waals surface area contributed by atoms with Crippen LogP contribution in [0.15, 0.2) is 36.7 Å². The number of rotatable bonds is 4. The molecular formula is C17H21N3O2. The quantitative estimate of drug-likeness (QED) is 0.868. The number of hydrogen-bond donors (Lipinski definition) is 0. The van der Waals surface area contributed by atoms with Crippen LogP contribution in [-0.4, -0.2) is 33.7 Å². The zero-order chi connectivity index (χ0) is 15.5. The Morgan fingerprint density at radius 1 is 1.45 bits per heavy atom. The van der Waals surface area contributed by atoms with Crippen molar-refractivity contribution in [3.8, 4) is 5.75 Å². The number of para-hydroxylation sites is 1. The van der Waals surface area contributed by atoms with Crippen molar-refractivity contribution in [2.45, 2.75) is 19.9 Å². The third kappa shape index (κ3) is 2.98. The Hall–Kier alpha value is -2.30. The molecular weight excluding hydrogens is 278 g/mol. The van der Waals surface area contributed by atoms with E-state index in [1.165, 1.54) is 0 Å². The summed E-state index contributed by atoms with van der Waals surface area (Å²) in [6.07, 6.45) is 4.50. The molecule has 5 nitrogen and oxygen atoms in total. The summed E-state index contributed by atoms with van der Waals surface area (Å²) in [4.78, 5) is 14.6. The molecule has 116 valence electrons. The minimum absolute atomic E-state index is 0.105.